The lowest BCUT2D eigenvalue weighted by atomic mass is 9.81. The Balaban J connectivity index is 2.31. The third-order valence-corrected chi connectivity index (χ3v) is 4.59. The van der Waals surface area contributed by atoms with Gasteiger partial charge in [-0.3, -0.25) is 4.79 Å². The van der Waals surface area contributed by atoms with E-state index in [1.807, 2.05) is 6.07 Å². The molecule has 1 unspecified atom stereocenters. The second kappa shape index (κ2) is 6.19. The summed E-state index contributed by atoms with van der Waals surface area (Å²) in [6.07, 6.45) is -0.0891. The smallest absolute Gasteiger partial charge is 0.261 e. The fourth-order valence-electron chi connectivity index (χ4n) is 2.90. The molecule has 1 aromatic carbocycles. The van der Waals surface area contributed by atoms with Crippen molar-refractivity contribution in [2.24, 2.45) is 0 Å². The number of methoxy groups -OCH3 is 2. The number of carbonyl (C=O) groups excluding carboxylic acids is 1. The predicted molar refractivity (Wildman–Crippen MR) is 85.6 cm³/mol. The number of fused-ring (bicyclic) bond motifs is 1. The highest BCUT2D eigenvalue weighted by Gasteiger charge is 2.53. The van der Waals surface area contributed by atoms with Gasteiger partial charge in [0.1, 0.15) is 11.6 Å². The molecule has 1 aliphatic rings. The van der Waals surface area contributed by atoms with Crippen LogP contribution in [0.2, 0.25) is 10.0 Å². The van der Waals surface area contributed by atoms with Crippen LogP contribution in [-0.2, 0) is 20.1 Å². The Hall–Kier alpha value is -1.91. The highest BCUT2D eigenvalue weighted by Crippen LogP contribution is 2.47. The Bertz CT molecular complexity index is 852. The number of benzene rings is 1. The maximum atomic E-state index is 12.6. The number of carbonyl (C=O) groups is 1. The molecule has 0 amide bonds. The third-order valence-electron chi connectivity index (χ3n) is 4.04. The molecule has 1 aromatic heterocycles. The van der Waals surface area contributed by atoms with Gasteiger partial charge in [0, 0.05) is 31.2 Å². The number of ketones is 1. The number of Topliss-reactive ketones (excluding diaryl/α,β-unsaturated/α-hetero) is 1. The maximum Gasteiger partial charge on any atom is 0.261 e. The van der Waals surface area contributed by atoms with Gasteiger partial charge in [0.05, 0.1) is 16.7 Å². The van der Waals surface area contributed by atoms with Crippen molar-refractivity contribution in [3.63, 3.8) is 0 Å². The van der Waals surface area contributed by atoms with Crippen LogP contribution in [0, 0.1) is 11.3 Å². The first-order chi connectivity index (χ1) is 11.5. The van der Waals surface area contributed by atoms with Crippen molar-refractivity contribution >= 4 is 29.0 Å². The summed E-state index contributed by atoms with van der Waals surface area (Å²) in [6.45, 7) is 0. The van der Waals surface area contributed by atoms with Crippen LogP contribution in [0.5, 0.6) is 0 Å². The minimum absolute atomic E-state index is 0.0891. The van der Waals surface area contributed by atoms with E-state index in [4.69, 9.17) is 37.2 Å². The fourth-order valence-corrected chi connectivity index (χ4v) is 3.39. The van der Waals surface area contributed by atoms with Crippen LogP contribution in [0.25, 0.3) is 11.3 Å². The second-order valence-electron chi connectivity index (χ2n) is 5.23. The van der Waals surface area contributed by atoms with E-state index in [0.29, 0.717) is 15.6 Å². The first kappa shape index (κ1) is 16.9. The molecule has 0 aliphatic heterocycles. The summed E-state index contributed by atoms with van der Waals surface area (Å²) in [5.41, 5.74) is 1.04. The Kier molecular flexibility index (Phi) is 4.37. The van der Waals surface area contributed by atoms with Gasteiger partial charge in [-0.05, 0) is 18.2 Å². The van der Waals surface area contributed by atoms with Gasteiger partial charge in [-0.2, -0.15) is 5.26 Å². The van der Waals surface area contributed by atoms with E-state index < -0.39 is 11.7 Å². The largest absolute Gasteiger partial charge is 0.359 e. The molecule has 24 heavy (non-hydrogen) atoms. The monoisotopic (exact) mass is 366 g/mol. The van der Waals surface area contributed by atoms with Gasteiger partial charge in [0.25, 0.3) is 5.79 Å². The number of nitriles is 1. The molecule has 0 bridgehead atoms. The molecule has 0 radical (unpaired) electrons. The number of rotatable bonds is 3. The van der Waals surface area contributed by atoms with Crippen LogP contribution in [0.3, 0.4) is 0 Å². The lowest BCUT2D eigenvalue weighted by Crippen LogP contribution is -2.44. The summed E-state index contributed by atoms with van der Waals surface area (Å²) < 4.78 is 16.1. The van der Waals surface area contributed by atoms with E-state index in [1.165, 1.54) is 14.2 Å². The van der Waals surface area contributed by atoms with Crippen LogP contribution >= 0.6 is 23.2 Å². The molecule has 1 aliphatic carbocycles. The van der Waals surface area contributed by atoms with Crippen molar-refractivity contribution in [3.05, 3.63) is 39.6 Å². The molecule has 1 heterocycles. The summed E-state index contributed by atoms with van der Waals surface area (Å²) in [5.74, 6) is -2.61. The lowest BCUT2D eigenvalue weighted by Gasteiger charge is -2.33. The van der Waals surface area contributed by atoms with E-state index in [2.05, 4.69) is 5.16 Å². The zero-order chi connectivity index (χ0) is 17.5. The van der Waals surface area contributed by atoms with Gasteiger partial charge in [0.2, 0.25) is 0 Å². The van der Waals surface area contributed by atoms with Crippen LogP contribution in [0.1, 0.15) is 23.7 Å². The lowest BCUT2D eigenvalue weighted by molar-refractivity contribution is -0.216. The van der Waals surface area contributed by atoms with Crippen molar-refractivity contribution in [3.8, 4) is 17.3 Å². The van der Waals surface area contributed by atoms with Crippen molar-refractivity contribution in [1.29, 1.82) is 5.26 Å². The van der Waals surface area contributed by atoms with Gasteiger partial charge >= 0.3 is 0 Å². The van der Waals surface area contributed by atoms with E-state index in [-0.39, 0.29) is 29.2 Å². The molecule has 3 rings (SSSR count). The third kappa shape index (κ3) is 2.33. The standard InChI is InChI=1S/C16H12Cl2N2O4/c1-22-16(23-2)12(21)5-8(7-19)15-13(16)14(20-24-15)10-4-3-9(17)6-11(10)18/h3-4,6,8H,5H2,1-2H3. The maximum absolute atomic E-state index is 12.6. The Morgan fingerprint density at radius 2 is 2.08 bits per heavy atom. The van der Waals surface area contributed by atoms with Gasteiger partial charge in [-0.1, -0.05) is 28.4 Å². The fraction of sp³-hybridized carbons (Fsp3) is 0.312. The van der Waals surface area contributed by atoms with E-state index in [0.717, 1.165) is 0 Å². The summed E-state index contributed by atoms with van der Waals surface area (Å²) in [5, 5.41) is 14.1. The SMILES string of the molecule is COC1(OC)C(=O)CC(C#N)c2onc(-c3ccc(Cl)cc3Cl)c21. The average molecular weight is 367 g/mol. The summed E-state index contributed by atoms with van der Waals surface area (Å²) in [6, 6.07) is 6.88. The van der Waals surface area contributed by atoms with Gasteiger partial charge in [-0.25, -0.2) is 0 Å². The topological polar surface area (TPSA) is 85.4 Å². The van der Waals surface area contributed by atoms with E-state index >= 15 is 0 Å². The summed E-state index contributed by atoms with van der Waals surface area (Å²) in [7, 11) is 2.69. The van der Waals surface area contributed by atoms with Crippen LogP contribution in [0.15, 0.2) is 22.7 Å². The number of hydrogen-bond acceptors (Lipinski definition) is 6. The number of halogens is 2. The van der Waals surface area contributed by atoms with E-state index in [9.17, 15) is 10.1 Å². The van der Waals surface area contributed by atoms with Crippen molar-refractivity contribution < 1.29 is 18.8 Å². The number of hydrogen-bond donors (Lipinski definition) is 0. The highest BCUT2D eigenvalue weighted by molar-refractivity contribution is 6.36. The Morgan fingerprint density at radius 3 is 2.67 bits per heavy atom. The molecule has 8 heteroatoms. The molecule has 6 nitrogen and oxygen atoms in total. The highest BCUT2D eigenvalue weighted by atomic mass is 35.5. The van der Waals surface area contributed by atoms with Crippen molar-refractivity contribution in [2.45, 2.75) is 18.1 Å². The van der Waals surface area contributed by atoms with Crippen LogP contribution in [0.4, 0.5) is 0 Å². The minimum Gasteiger partial charge on any atom is -0.359 e. The quantitative estimate of drug-likeness (QED) is 0.770. The summed E-state index contributed by atoms with van der Waals surface area (Å²) >= 11 is 12.2. The van der Waals surface area contributed by atoms with Crippen LogP contribution in [-0.4, -0.2) is 25.2 Å². The van der Waals surface area contributed by atoms with E-state index in [1.54, 1.807) is 18.2 Å². The first-order valence-electron chi connectivity index (χ1n) is 6.97. The first-order valence-corrected chi connectivity index (χ1v) is 7.72. The molecule has 0 saturated heterocycles. The zero-order valence-corrected chi connectivity index (χ0v) is 14.3. The zero-order valence-electron chi connectivity index (χ0n) is 12.8. The molecule has 124 valence electrons. The molecule has 0 saturated carbocycles. The molecule has 0 N–H and O–H groups in total. The molecule has 0 spiro atoms. The normalized spacial score (nSPS) is 19.0. The van der Waals surface area contributed by atoms with Gasteiger partial charge in [0.15, 0.2) is 11.5 Å². The Labute approximate surface area is 147 Å². The number of nitrogens with zero attached hydrogens (tertiary/aromatic N) is 2. The van der Waals surface area contributed by atoms with Gasteiger partial charge < -0.3 is 14.0 Å². The molecule has 0 fully saturated rings. The average Bonchev–Trinajstić information content (AvgIpc) is 3.00. The molecule has 2 aromatic rings. The van der Waals surface area contributed by atoms with Crippen molar-refractivity contribution in [1.82, 2.24) is 5.16 Å². The van der Waals surface area contributed by atoms with Crippen LogP contribution < -0.4 is 0 Å². The molecule has 1 atom stereocenters. The second-order valence-corrected chi connectivity index (χ2v) is 6.07. The number of ether oxygens (including phenoxy) is 2. The van der Waals surface area contributed by atoms with Crippen molar-refractivity contribution in [2.75, 3.05) is 14.2 Å². The molecular weight excluding hydrogens is 355 g/mol. The Morgan fingerprint density at radius 1 is 1.38 bits per heavy atom. The van der Waals surface area contributed by atoms with Gasteiger partial charge in [-0.15, -0.1) is 0 Å². The predicted octanol–water partition coefficient (Wildman–Crippen LogP) is 3.67. The molecular formula is C16H12Cl2N2O4. The summed E-state index contributed by atoms with van der Waals surface area (Å²) in [4.78, 5) is 12.6. The number of aromatic nitrogens is 1. The minimum atomic E-state index is -1.69.